The molecule has 380 valence electrons. The number of carbonyl (C=O) groups is 1. The Kier molecular flexibility index (Phi) is 15.2. The Morgan fingerprint density at radius 2 is 1.30 bits per heavy atom. The summed E-state index contributed by atoms with van der Waals surface area (Å²) in [6.07, 6.45) is -15.7. The third kappa shape index (κ3) is 8.60. The molecule has 0 unspecified atom stereocenters. The third-order valence-corrected chi connectivity index (χ3v) is 18.5. The lowest BCUT2D eigenvalue weighted by atomic mass is 9.38. The summed E-state index contributed by atoms with van der Waals surface area (Å²) >= 11 is 0. The average Bonchev–Trinajstić information content (AvgIpc) is 3.53. The number of carbonyl (C=O) groups excluding carboxylic acids is 1. The predicted octanol–water partition coefficient (Wildman–Crippen LogP) is 0.180. The molecule has 7 rings (SSSR count). The highest BCUT2D eigenvalue weighted by Crippen LogP contribution is 2.74. The number of Topliss-reactive ketones (excluding diaryl/α,β-unsaturated/α-hetero) is 1. The Labute approximate surface area is 388 Å². The molecule has 0 radical (unpaired) electrons. The van der Waals surface area contributed by atoms with Crippen molar-refractivity contribution in [3.8, 4) is 0 Å². The molecule has 18 heteroatoms. The van der Waals surface area contributed by atoms with Crippen molar-refractivity contribution in [1.82, 2.24) is 0 Å². The molecule has 0 bridgehead atoms. The number of rotatable bonds is 13. The number of aliphatic hydroxyl groups excluding tert-OH is 11. The summed E-state index contributed by atoms with van der Waals surface area (Å²) < 4.78 is 35.8. The van der Waals surface area contributed by atoms with Crippen LogP contribution in [0.3, 0.4) is 0 Å². The molecule has 24 atom stereocenters. The van der Waals surface area contributed by atoms with Crippen LogP contribution in [0.4, 0.5) is 0 Å². The Morgan fingerprint density at radius 1 is 0.727 bits per heavy atom. The van der Waals surface area contributed by atoms with E-state index < -0.39 is 134 Å². The Bertz CT molecular complexity index is 1740. The van der Waals surface area contributed by atoms with Gasteiger partial charge in [0.25, 0.3) is 0 Å². The minimum Gasteiger partial charge on any atom is -0.394 e. The zero-order valence-corrected chi connectivity index (χ0v) is 40.0. The molecule has 3 heterocycles. The number of ketones is 1. The summed E-state index contributed by atoms with van der Waals surface area (Å²) in [5.74, 6) is 0.630. The summed E-state index contributed by atoms with van der Waals surface area (Å²) in [4.78, 5) is 15.0. The van der Waals surface area contributed by atoms with Crippen LogP contribution in [0.2, 0.25) is 0 Å². The van der Waals surface area contributed by atoms with E-state index in [2.05, 4.69) is 47.6 Å². The summed E-state index contributed by atoms with van der Waals surface area (Å²) in [6.45, 7) is 16.8. The molecule has 11 N–H and O–H groups in total. The van der Waals surface area contributed by atoms with E-state index in [0.717, 1.165) is 24.8 Å². The molecule has 0 aromatic rings. The fourth-order valence-electron chi connectivity index (χ4n) is 13.9. The molecule has 18 nitrogen and oxygen atoms in total. The lowest BCUT2D eigenvalue weighted by Crippen LogP contribution is -2.65. The highest BCUT2D eigenvalue weighted by molar-refractivity contribution is 5.88. The van der Waals surface area contributed by atoms with Crippen molar-refractivity contribution in [2.45, 2.75) is 224 Å². The maximum atomic E-state index is 15.0. The SMILES string of the molecule is C[C@H](CC[C@@H](O)C(C)(C)O[C@H]1O[C@H](C)[C@@H](O)[C@H](O)[C@@H]1O[C@@H]1O[C@H](CO)[C@@H](O)[C@H](O)[C@H]1O)[C@H]1CC[C@@]2(C)[C@@H]3CC=C4[C@@H](CC[C@H](O[C@@H]5O[C@H](CO)[C@@H](O)[C@H](O)[C@H]5O)C4(C)C)[C@]3(C)C(=O)C[C@]12C. The van der Waals surface area contributed by atoms with Crippen LogP contribution in [-0.4, -0.2) is 185 Å². The lowest BCUT2D eigenvalue weighted by Gasteiger charge is -2.65. The lowest BCUT2D eigenvalue weighted by molar-refractivity contribution is -0.377. The second-order valence-corrected chi connectivity index (χ2v) is 22.8. The largest absolute Gasteiger partial charge is 0.394 e. The van der Waals surface area contributed by atoms with Crippen molar-refractivity contribution in [2.75, 3.05) is 13.2 Å². The number of aliphatic hydroxyl groups is 11. The number of allylic oxidation sites excluding steroid dienone is 1. The maximum Gasteiger partial charge on any atom is 0.187 e. The molecule has 6 fully saturated rings. The van der Waals surface area contributed by atoms with E-state index in [1.54, 1.807) is 13.8 Å². The second-order valence-electron chi connectivity index (χ2n) is 22.8. The van der Waals surface area contributed by atoms with Crippen molar-refractivity contribution in [1.29, 1.82) is 0 Å². The summed E-state index contributed by atoms with van der Waals surface area (Å²) in [5, 5.41) is 116. The van der Waals surface area contributed by atoms with Crippen LogP contribution < -0.4 is 0 Å². The van der Waals surface area contributed by atoms with Gasteiger partial charge in [0.15, 0.2) is 18.9 Å². The van der Waals surface area contributed by atoms with Crippen LogP contribution in [0.5, 0.6) is 0 Å². The van der Waals surface area contributed by atoms with Gasteiger partial charge in [-0.1, -0.05) is 53.2 Å². The number of hydrogen-bond donors (Lipinski definition) is 11. The van der Waals surface area contributed by atoms with E-state index in [4.69, 9.17) is 28.4 Å². The van der Waals surface area contributed by atoms with Gasteiger partial charge in [-0.3, -0.25) is 4.79 Å². The standard InChI is InChI=1S/C48H80O18/c1-21(10-14-29(51)45(5,6)66-43-40(37(58)32(53)22(2)61-43)65-42-39(60)36(57)34(55)27(20-50)63-42)23-16-17-46(7)28-13-11-24-25(48(28,9)30(52)18-47(23,46)8)12-15-31(44(24,3)4)64-41-38(59)35(56)33(54)26(19-49)62-41/h11,21-23,25-29,31-43,49-51,53-60H,10,12-20H2,1-9H3/t21-,22-,23-,25-,26-,27-,28+,29-,31+,32-,33-,34-,35+,36+,37+,38-,39-,40+,41+,42+,43-,46+,47-,48+/m1/s1. The highest BCUT2D eigenvalue weighted by Gasteiger charge is 2.70. The molecule has 0 spiro atoms. The van der Waals surface area contributed by atoms with Gasteiger partial charge in [-0.2, -0.15) is 0 Å². The quantitative estimate of drug-likeness (QED) is 0.110. The molecule has 66 heavy (non-hydrogen) atoms. The molecular formula is C48H80O18. The van der Waals surface area contributed by atoms with E-state index in [0.29, 0.717) is 32.1 Å². The molecular weight excluding hydrogens is 865 g/mol. The minimum absolute atomic E-state index is 0.0219. The van der Waals surface area contributed by atoms with Crippen LogP contribution in [-0.2, 0) is 33.2 Å². The number of fused-ring (bicyclic) bond motifs is 5. The van der Waals surface area contributed by atoms with Gasteiger partial charge in [0.2, 0.25) is 0 Å². The first-order valence-corrected chi connectivity index (χ1v) is 24.2. The maximum absolute atomic E-state index is 15.0. The first-order valence-electron chi connectivity index (χ1n) is 24.2. The van der Waals surface area contributed by atoms with Gasteiger partial charge in [-0.25, -0.2) is 0 Å². The molecule has 3 saturated carbocycles. The molecule has 3 saturated heterocycles. The van der Waals surface area contributed by atoms with Crippen molar-refractivity contribution in [3.05, 3.63) is 11.6 Å². The molecule has 0 amide bonds. The first kappa shape index (κ1) is 52.6. The zero-order valence-electron chi connectivity index (χ0n) is 40.0. The first-order chi connectivity index (χ1) is 30.7. The average molecular weight is 945 g/mol. The van der Waals surface area contributed by atoms with E-state index in [9.17, 15) is 61.0 Å². The van der Waals surface area contributed by atoms with Crippen LogP contribution in [0.1, 0.15) is 114 Å². The Hall–Kier alpha value is -1.27. The summed E-state index contributed by atoms with van der Waals surface area (Å²) in [6, 6.07) is 0. The van der Waals surface area contributed by atoms with Crippen molar-refractivity contribution >= 4 is 5.78 Å². The minimum atomic E-state index is -1.78. The normalized spacial score (nSPS) is 50.5. The summed E-state index contributed by atoms with van der Waals surface area (Å²) in [5.41, 5.74) is -1.79. The van der Waals surface area contributed by atoms with E-state index >= 15 is 0 Å². The van der Waals surface area contributed by atoms with Gasteiger partial charge in [0, 0.05) is 17.3 Å². The van der Waals surface area contributed by atoms with Crippen molar-refractivity contribution < 1.29 is 89.4 Å². The topological polar surface area (TPSA) is 295 Å². The van der Waals surface area contributed by atoms with E-state index in [1.807, 2.05) is 0 Å². The fourth-order valence-corrected chi connectivity index (χ4v) is 13.9. The Morgan fingerprint density at radius 3 is 1.88 bits per heavy atom. The smallest absolute Gasteiger partial charge is 0.187 e. The van der Waals surface area contributed by atoms with Crippen LogP contribution in [0.15, 0.2) is 11.6 Å². The van der Waals surface area contributed by atoms with Gasteiger partial charge in [-0.05, 0) is 100 Å². The fraction of sp³-hybridized carbons (Fsp3) is 0.938. The van der Waals surface area contributed by atoms with Crippen molar-refractivity contribution in [3.63, 3.8) is 0 Å². The van der Waals surface area contributed by atoms with Gasteiger partial charge >= 0.3 is 0 Å². The van der Waals surface area contributed by atoms with Crippen LogP contribution in [0.25, 0.3) is 0 Å². The molecule has 7 aliphatic rings. The molecule has 4 aliphatic carbocycles. The summed E-state index contributed by atoms with van der Waals surface area (Å²) in [7, 11) is 0. The van der Waals surface area contributed by atoms with Crippen LogP contribution >= 0.6 is 0 Å². The molecule has 0 aromatic carbocycles. The van der Waals surface area contributed by atoms with Gasteiger partial charge in [-0.15, -0.1) is 0 Å². The van der Waals surface area contributed by atoms with E-state index in [-0.39, 0.29) is 40.3 Å². The third-order valence-electron chi connectivity index (χ3n) is 18.5. The van der Waals surface area contributed by atoms with Gasteiger partial charge in [0.05, 0.1) is 37.1 Å². The second kappa shape index (κ2) is 19.1. The van der Waals surface area contributed by atoms with Gasteiger partial charge < -0.3 is 84.6 Å². The molecule has 3 aliphatic heterocycles. The zero-order chi connectivity index (χ0) is 48.8. The molecule has 0 aromatic heterocycles. The highest BCUT2D eigenvalue weighted by atomic mass is 16.8. The van der Waals surface area contributed by atoms with Crippen LogP contribution in [0, 0.1) is 45.3 Å². The monoisotopic (exact) mass is 945 g/mol. The number of hydrogen-bond acceptors (Lipinski definition) is 18. The predicted molar refractivity (Wildman–Crippen MR) is 233 cm³/mol. The van der Waals surface area contributed by atoms with E-state index in [1.165, 1.54) is 6.92 Å². The van der Waals surface area contributed by atoms with Gasteiger partial charge in [0.1, 0.15) is 72.9 Å². The number of ether oxygens (including phenoxy) is 6. The van der Waals surface area contributed by atoms with Crippen molar-refractivity contribution in [2.24, 2.45) is 45.3 Å². The Balaban J connectivity index is 1.02.